The number of nitrogens with one attached hydrogen (secondary N) is 1. The molecule has 4 heteroatoms. The maximum Gasteiger partial charge on any atom is 0.244 e. The Balaban J connectivity index is 2.09. The Morgan fingerprint density at radius 2 is 2.20 bits per heavy atom. The van der Waals surface area contributed by atoms with Gasteiger partial charge in [-0.1, -0.05) is 6.07 Å². The van der Waals surface area contributed by atoms with Gasteiger partial charge in [0.1, 0.15) is 11.5 Å². The zero-order chi connectivity index (χ0) is 10.4. The zero-order valence-electron chi connectivity index (χ0n) is 8.16. The number of hydrogen-bond donors (Lipinski definition) is 1. The van der Waals surface area contributed by atoms with Crippen LogP contribution in [0.4, 0.5) is 15.8 Å². The number of amides is 1. The van der Waals surface area contributed by atoms with Crippen molar-refractivity contribution in [1.82, 2.24) is 0 Å². The van der Waals surface area contributed by atoms with Crippen molar-refractivity contribution in [1.29, 1.82) is 0 Å². The predicted octanol–water partition coefficient (Wildman–Crippen LogP) is 1.75. The summed E-state index contributed by atoms with van der Waals surface area (Å²) >= 11 is 0. The summed E-state index contributed by atoms with van der Waals surface area (Å²) in [5.41, 5.74) is 1.15. The first-order valence-corrected chi connectivity index (χ1v) is 5.11. The van der Waals surface area contributed by atoms with E-state index >= 15 is 0 Å². The fourth-order valence-corrected chi connectivity index (χ4v) is 2.01. The van der Waals surface area contributed by atoms with Crippen molar-refractivity contribution < 1.29 is 9.18 Å². The number of carbonyl (C=O) groups is 1. The molecule has 1 saturated carbocycles. The zero-order valence-corrected chi connectivity index (χ0v) is 8.16. The molecule has 1 aliphatic carbocycles. The standard InChI is InChI=1S/C11H11FN2O/c12-8-2-1-3-9-11(8)13-10(15)6-14(9)7-4-5-7/h1-3,7H,4-6H2,(H,13,15). The van der Waals surface area contributed by atoms with Crippen LogP contribution in [0.15, 0.2) is 18.2 Å². The van der Waals surface area contributed by atoms with E-state index in [2.05, 4.69) is 5.32 Å². The molecule has 0 unspecified atom stereocenters. The van der Waals surface area contributed by atoms with Crippen LogP contribution in [0.5, 0.6) is 0 Å². The SMILES string of the molecule is O=C1CN(C2CC2)c2cccc(F)c2N1. The summed E-state index contributed by atoms with van der Waals surface area (Å²) in [6.07, 6.45) is 2.20. The van der Waals surface area contributed by atoms with Gasteiger partial charge < -0.3 is 10.2 Å². The average molecular weight is 206 g/mol. The first-order valence-electron chi connectivity index (χ1n) is 5.11. The second-order valence-electron chi connectivity index (χ2n) is 4.04. The van der Waals surface area contributed by atoms with Gasteiger partial charge in [-0.15, -0.1) is 0 Å². The number of hydrogen-bond acceptors (Lipinski definition) is 2. The molecule has 0 spiro atoms. The second kappa shape index (κ2) is 2.95. The van der Waals surface area contributed by atoms with Gasteiger partial charge in [-0.05, 0) is 25.0 Å². The fraction of sp³-hybridized carbons (Fsp3) is 0.364. The van der Waals surface area contributed by atoms with E-state index in [1.54, 1.807) is 6.07 Å². The lowest BCUT2D eigenvalue weighted by atomic mass is 10.2. The Hall–Kier alpha value is -1.58. The highest BCUT2D eigenvalue weighted by molar-refractivity contribution is 6.01. The van der Waals surface area contributed by atoms with Crippen LogP contribution in [0.1, 0.15) is 12.8 Å². The largest absolute Gasteiger partial charge is 0.357 e. The highest BCUT2D eigenvalue weighted by Gasteiger charge is 2.35. The molecule has 2 aliphatic rings. The molecule has 78 valence electrons. The molecule has 1 aromatic carbocycles. The number of benzene rings is 1. The van der Waals surface area contributed by atoms with Crippen molar-refractivity contribution in [3.63, 3.8) is 0 Å². The Kier molecular flexibility index (Phi) is 1.71. The molecular weight excluding hydrogens is 195 g/mol. The number of carbonyl (C=O) groups excluding carboxylic acids is 1. The molecule has 1 amide bonds. The third kappa shape index (κ3) is 1.37. The minimum Gasteiger partial charge on any atom is -0.357 e. The van der Waals surface area contributed by atoms with E-state index in [1.165, 1.54) is 6.07 Å². The number of anilines is 2. The molecule has 0 aromatic heterocycles. The molecule has 3 nitrogen and oxygen atoms in total. The van der Waals surface area contributed by atoms with Crippen LogP contribution in [0.3, 0.4) is 0 Å². The maximum atomic E-state index is 13.5. The predicted molar refractivity (Wildman–Crippen MR) is 55.4 cm³/mol. The van der Waals surface area contributed by atoms with E-state index < -0.39 is 0 Å². The van der Waals surface area contributed by atoms with Crippen molar-refractivity contribution in [2.75, 3.05) is 16.8 Å². The second-order valence-corrected chi connectivity index (χ2v) is 4.04. The summed E-state index contributed by atoms with van der Waals surface area (Å²) in [7, 11) is 0. The lowest BCUT2D eigenvalue weighted by molar-refractivity contribution is -0.115. The Labute approximate surface area is 86.9 Å². The van der Waals surface area contributed by atoms with Crippen molar-refractivity contribution in [2.24, 2.45) is 0 Å². The first-order chi connectivity index (χ1) is 7.25. The summed E-state index contributed by atoms with van der Waals surface area (Å²) in [5.74, 6) is -0.481. The highest BCUT2D eigenvalue weighted by atomic mass is 19.1. The number of rotatable bonds is 1. The molecule has 15 heavy (non-hydrogen) atoms. The van der Waals surface area contributed by atoms with Gasteiger partial charge in [0, 0.05) is 6.04 Å². The lowest BCUT2D eigenvalue weighted by Crippen LogP contribution is -2.39. The van der Waals surface area contributed by atoms with Crippen molar-refractivity contribution in [3.05, 3.63) is 24.0 Å². The topological polar surface area (TPSA) is 32.3 Å². The maximum absolute atomic E-state index is 13.5. The van der Waals surface area contributed by atoms with Gasteiger partial charge in [0.2, 0.25) is 5.91 Å². The third-order valence-corrected chi connectivity index (χ3v) is 2.87. The molecule has 0 bridgehead atoms. The molecule has 0 atom stereocenters. The fourth-order valence-electron chi connectivity index (χ4n) is 2.01. The van der Waals surface area contributed by atoms with E-state index in [0.29, 0.717) is 18.3 Å². The summed E-state index contributed by atoms with van der Waals surface area (Å²) in [6.45, 7) is 0.348. The third-order valence-electron chi connectivity index (χ3n) is 2.87. The first kappa shape index (κ1) is 8.71. The van der Waals surface area contributed by atoms with Crippen LogP contribution in [0.25, 0.3) is 0 Å². The monoisotopic (exact) mass is 206 g/mol. The Bertz CT molecular complexity index is 429. The van der Waals surface area contributed by atoms with Gasteiger partial charge in [-0.3, -0.25) is 4.79 Å². The van der Waals surface area contributed by atoms with E-state index in [-0.39, 0.29) is 11.7 Å². The summed E-state index contributed by atoms with van der Waals surface area (Å²) < 4.78 is 13.5. The number of fused-ring (bicyclic) bond motifs is 1. The van der Waals surface area contributed by atoms with E-state index in [0.717, 1.165) is 18.5 Å². The van der Waals surface area contributed by atoms with Gasteiger partial charge in [0.15, 0.2) is 0 Å². The molecule has 0 saturated heterocycles. The molecule has 3 rings (SSSR count). The minimum absolute atomic E-state index is 0.125. The molecule has 1 heterocycles. The minimum atomic E-state index is -0.355. The number of nitrogens with zero attached hydrogens (tertiary/aromatic N) is 1. The van der Waals surface area contributed by atoms with Crippen molar-refractivity contribution in [2.45, 2.75) is 18.9 Å². The molecule has 1 fully saturated rings. The van der Waals surface area contributed by atoms with E-state index in [9.17, 15) is 9.18 Å². The summed E-state index contributed by atoms with van der Waals surface area (Å²) in [5, 5.41) is 2.59. The van der Waals surface area contributed by atoms with Crippen LogP contribution in [0.2, 0.25) is 0 Å². The Morgan fingerprint density at radius 1 is 1.40 bits per heavy atom. The van der Waals surface area contributed by atoms with Crippen LogP contribution in [0, 0.1) is 5.82 Å². The summed E-state index contributed by atoms with van der Waals surface area (Å²) in [4.78, 5) is 13.4. The smallest absolute Gasteiger partial charge is 0.244 e. The van der Waals surface area contributed by atoms with Gasteiger partial charge >= 0.3 is 0 Å². The van der Waals surface area contributed by atoms with Gasteiger partial charge in [0.25, 0.3) is 0 Å². The molecule has 0 radical (unpaired) electrons. The van der Waals surface area contributed by atoms with Crippen LogP contribution < -0.4 is 10.2 Å². The Morgan fingerprint density at radius 3 is 2.93 bits per heavy atom. The lowest BCUT2D eigenvalue weighted by Gasteiger charge is -2.31. The van der Waals surface area contributed by atoms with E-state index in [1.807, 2.05) is 11.0 Å². The number of para-hydroxylation sites is 1. The number of halogens is 1. The molecule has 1 N–H and O–H groups in total. The van der Waals surface area contributed by atoms with Crippen LogP contribution in [-0.2, 0) is 4.79 Å². The highest BCUT2D eigenvalue weighted by Crippen LogP contribution is 2.38. The van der Waals surface area contributed by atoms with Gasteiger partial charge in [-0.25, -0.2) is 4.39 Å². The van der Waals surface area contributed by atoms with Crippen molar-refractivity contribution in [3.8, 4) is 0 Å². The normalized spacial score (nSPS) is 19.8. The van der Waals surface area contributed by atoms with Crippen LogP contribution >= 0.6 is 0 Å². The van der Waals surface area contributed by atoms with Gasteiger partial charge in [-0.2, -0.15) is 0 Å². The molecule has 1 aromatic rings. The molecule has 1 aliphatic heterocycles. The summed E-state index contributed by atoms with van der Waals surface area (Å²) in [6, 6.07) is 5.34. The van der Waals surface area contributed by atoms with E-state index in [4.69, 9.17) is 0 Å². The quantitative estimate of drug-likeness (QED) is 0.759. The van der Waals surface area contributed by atoms with Crippen LogP contribution in [-0.4, -0.2) is 18.5 Å². The molecular formula is C11H11FN2O. The van der Waals surface area contributed by atoms with Gasteiger partial charge in [0.05, 0.1) is 12.2 Å². The average Bonchev–Trinajstić information content (AvgIpc) is 3.02. The van der Waals surface area contributed by atoms with Crippen molar-refractivity contribution >= 4 is 17.3 Å².